The molecular formula is C14H14ClFN2O2. The number of nitrogens with zero attached hydrogens (tertiary/aromatic N) is 2. The van der Waals surface area contributed by atoms with E-state index in [-0.39, 0.29) is 29.5 Å². The van der Waals surface area contributed by atoms with Crippen molar-refractivity contribution in [2.45, 2.75) is 6.54 Å². The maximum atomic E-state index is 13.0. The quantitative estimate of drug-likeness (QED) is 0.777. The number of amides is 2. The average molecular weight is 297 g/mol. The SMILES string of the molecule is CN1C(=O)[C@H]2CN(Cc3ccc(F)cc3Cl)C[C@H]2C1=O. The van der Waals surface area contributed by atoms with Crippen molar-refractivity contribution in [1.82, 2.24) is 9.80 Å². The van der Waals surface area contributed by atoms with Crippen LogP contribution < -0.4 is 0 Å². The number of imide groups is 1. The van der Waals surface area contributed by atoms with Crippen molar-refractivity contribution in [2.24, 2.45) is 11.8 Å². The molecule has 0 spiro atoms. The molecule has 0 aromatic heterocycles. The van der Waals surface area contributed by atoms with Gasteiger partial charge in [0.1, 0.15) is 5.82 Å². The molecule has 0 bridgehead atoms. The van der Waals surface area contributed by atoms with Crippen LogP contribution >= 0.6 is 11.6 Å². The van der Waals surface area contributed by atoms with Crippen LogP contribution in [0.25, 0.3) is 0 Å². The van der Waals surface area contributed by atoms with Gasteiger partial charge in [-0.2, -0.15) is 0 Å². The predicted molar refractivity (Wildman–Crippen MR) is 71.4 cm³/mol. The molecule has 2 aliphatic rings. The number of halogens is 2. The van der Waals surface area contributed by atoms with E-state index >= 15 is 0 Å². The predicted octanol–water partition coefficient (Wildman–Crippen LogP) is 1.53. The molecule has 6 heteroatoms. The summed E-state index contributed by atoms with van der Waals surface area (Å²) in [6, 6.07) is 4.28. The molecule has 2 saturated heterocycles. The van der Waals surface area contributed by atoms with Gasteiger partial charge in [-0.25, -0.2) is 4.39 Å². The van der Waals surface area contributed by atoms with Crippen molar-refractivity contribution in [1.29, 1.82) is 0 Å². The fourth-order valence-electron chi connectivity index (χ4n) is 3.01. The third-order valence-corrected chi connectivity index (χ3v) is 4.45. The van der Waals surface area contributed by atoms with Gasteiger partial charge in [0.25, 0.3) is 0 Å². The number of fused-ring (bicyclic) bond motifs is 1. The highest BCUT2D eigenvalue weighted by atomic mass is 35.5. The van der Waals surface area contributed by atoms with Crippen LogP contribution in [0.15, 0.2) is 18.2 Å². The first-order chi connectivity index (χ1) is 9.47. The van der Waals surface area contributed by atoms with Gasteiger partial charge >= 0.3 is 0 Å². The van der Waals surface area contributed by atoms with E-state index in [1.807, 2.05) is 4.90 Å². The molecule has 1 aromatic carbocycles. The lowest BCUT2D eigenvalue weighted by Crippen LogP contribution is -2.33. The summed E-state index contributed by atoms with van der Waals surface area (Å²) in [5, 5.41) is 0.372. The molecule has 20 heavy (non-hydrogen) atoms. The van der Waals surface area contributed by atoms with Crippen LogP contribution in [-0.2, 0) is 16.1 Å². The van der Waals surface area contributed by atoms with Gasteiger partial charge in [-0.1, -0.05) is 17.7 Å². The number of hydrogen-bond acceptors (Lipinski definition) is 3. The Morgan fingerprint density at radius 1 is 1.25 bits per heavy atom. The largest absolute Gasteiger partial charge is 0.297 e. The Bertz CT molecular complexity index is 569. The zero-order valence-corrected chi connectivity index (χ0v) is 11.7. The molecule has 2 atom stereocenters. The molecule has 3 rings (SSSR count). The molecular weight excluding hydrogens is 283 g/mol. The lowest BCUT2D eigenvalue weighted by molar-refractivity contribution is -0.138. The second kappa shape index (κ2) is 4.82. The summed E-state index contributed by atoms with van der Waals surface area (Å²) in [5.74, 6) is -1.07. The maximum absolute atomic E-state index is 13.0. The summed E-state index contributed by atoms with van der Waals surface area (Å²) in [7, 11) is 1.53. The third kappa shape index (κ3) is 2.11. The summed E-state index contributed by atoms with van der Waals surface area (Å²) in [5.41, 5.74) is 0.807. The van der Waals surface area contributed by atoms with Gasteiger partial charge in [0.15, 0.2) is 0 Å². The summed E-state index contributed by atoms with van der Waals surface area (Å²) in [6.45, 7) is 1.62. The first-order valence-corrected chi connectivity index (χ1v) is 6.83. The lowest BCUT2D eigenvalue weighted by Gasteiger charge is -2.19. The Morgan fingerprint density at radius 2 is 1.85 bits per heavy atom. The fraction of sp³-hybridized carbons (Fsp3) is 0.429. The molecule has 106 valence electrons. The topological polar surface area (TPSA) is 40.6 Å². The van der Waals surface area contributed by atoms with Crippen LogP contribution in [0.3, 0.4) is 0 Å². The third-order valence-electron chi connectivity index (χ3n) is 4.10. The lowest BCUT2D eigenvalue weighted by atomic mass is 10.00. The van der Waals surface area contributed by atoms with E-state index in [0.29, 0.717) is 24.7 Å². The number of rotatable bonds is 2. The maximum Gasteiger partial charge on any atom is 0.234 e. The van der Waals surface area contributed by atoms with Crippen molar-refractivity contribution in [3.05, 3.63) is 34.6 Å². The van der Waals surface area contributed by atoms with Crippen molar-refractivity contribution < 1.29 is 14.0 Å². The van der Waals surface area contributed by atoms with Gasteiger partial charge in [0.05, 0.1) is 11.8 Å². The second-order valence-corrected chi connectivity index (χ2v) is 5.79. The van der Waals surface area contributed by atoms with Gasteiger partial charge < -0.3 is 0 Å². The number of hydrogen-bond donors (Lipinski definition) is 0. The highest BCUT2D eigenvalue weighted by Crippen LogP contribution is 2.33. The van der Waals surface area contributed by atoms with Crippen molar-refractivity contribution in [2.75, 3.05) is 20.1 Å². The Kier molecular flexibility index (Phi) is 3.26. The molecule has 2 aliphatic heterocycles. The standard InChI is InChI=1S/C14H14ClFN2O2/c1-17-13(19)10-6-18(7-11(10)14(17)20)5-8-2-3-9(16)4-12(8)15/h2-4,10-11H,5-7H2,1H3/t10-,11+. The number of carbonyl (C=O) groups excluding carboxylic acids is 2. The summed E-state index contributed by atoms with van der Waals surface area (Å²) in [4.78, 5) is 27.1. The molecule has 2 amide bonds. The fourth-order valence-corrected chi connectivity index (χ4v) is 3.24. The van der Waals surface area contributed by atoms with Gasteiger partial charge in [0.2, 0.25) is 11.8 Å². The number of carbonyl (C=O) groups is 2. The van der Waals surface area contributed by atoms with E-state index in [4.69, 9.17) is 11.6 Å². The molecule has 0 unspecified atom stereocenters. The molecule has 0 saturated carbocycles. The summed E-state index contributed by atoms with van der Waals surface area (Å²) in [6.07, 6.45) is 0. The van der Waals surface area contributed by atoms with E-state index < -0.39 is 0 Å². The first-order valence-electron chi connectivity index (χ1n) is 6.45. The van der Waals surface area contributed by atoms with E-state index in [1.165, 1.54) is 24.1 Å². The monoisotopic (exact) mass is 296 g/mol. The van der Waals surface area contributed by atoms with Gasteiger partial charge in [-0.05, 0) is 17.7 Å². The molecule has 2 heterocycles. The smallest absolute Gasteiger partial charge is 0.234 e. The summed E-state index contributed by atoms with van der Waals surface area (Å²) < 4.78 is 13.0. The number of likely N-dealkylation sites (tertiary alicyclic amines) is 2. The minimum absolute atomic E-state index is 0.104. The van der Waals surface area contributed by atoms with E-state index in [2.05, 4.69) is 0 Å². The normalized spacial score (nSPS) is 26.4. The van der Waals surface area contributed by atoms with E-state index in [9.17, 15) is 14.0 Å². The number of benzene rings is 1. The zero-order chi connectivity index (χ0) is 14.4. The molecule has 0 N–H and O–H groups in total. The van der Waals surface area contributed by atoms with E-state index in [0.717, 1.165) is 5.56 Å². The van der Waals surface area contributed by atoms with Crippen LogP contribution in [0.5, 0.6) is 0 Å². The highest BCUT2D eigenvalue weighted by molar-refractivity contribution is 6.31. The van der Waals surface area contributed by atoms with Crippen molar-refractivity contribution in [3.63, 3.8) is 0 Å². The van der Waals surface area contributed by atoms with Crippen LogP contribution in [0.4, 0.5) is 4.39 Å². The van der Waals surface area contributed by atoms with Crippen LogP contribution in [0.1, 0.15) is 5.56 Å². The Morgan fingerprint density at radius 3 is 2.40 bits per heavy atom. The van der Waals surface area contributed by atoms with Crippen molar-refractivity contribution >= 4 is 23.4 Å². The molecule has 0 aliphatic carbocycles. The van der Waals surface area contributed by atoms with Gasteiger partial charge in [-0.3, -0.25) is 19.4 Å². The molecule has 4 nitrogen and oxygen atoms in total. The molecule has 0 radical (unpaired) electrons. The van der Waals surface area contributed by atoms with Crippen LogP contribution in [-0.4, -0.2) is 41.8 Å². The molecule has 2 fully saturated rings. The average Bonchev–Trinajstić information content (AvgIpc) is 2.90. The minimum atomic E-state index is -0.371. The first kappa shape index (κ1) is 13.5. The molecule has 1 aromatic rings. The van der Waals surface area contributed by atoms with Gasteiger partial charge in [0, 0.05) is 31.7 Å². The Balaban J connectivity index is 1.73. The summed E-state index contributed by atoms with van der Waals surface area (Å²) >= 11 is 6.00. The van der Waals surface area contributed by atoms with Crippen molar-refractivity contribution in [3.8, 4) is 0 Å². The minimum Gasteiger partial charge on any atom is -0.297 e. The van der Waals surface area contributed by atoms with E-state index in [1.54, 1.807) is 6.07 Å². The van der Waals surface area contributed by atoms with Gasteiger partial charge in [-0.15, -0.1) is 0 Å². The zero-order valence-electron chi connectivity index (χ0n) is 11.0. The highest BCUT2D eigenvalue weighted by Gasteiger charge is 2.50. The second-order valence-electron chi connectivity index (χ2n) is 5.38. The van der Waals surface area contributed by atoms with Crippen LogP contribution in [0, 0.1) is 17.7 Å². The van der Waals surface area contributed by atoms with Crippen LogP contribution in [0.2, 0.25) is 5.02 Å². The Labute approximate surface area is 121 Å². The Hall–Kier alpha value is -1.46.